The van der Waals surface area contributed by atoms with E-state index in [1.807, 2.05) is 0 Å². The maximum absolute atomic E-state index is 11.0. The van der Waals surface area contributed by atoms with Crippen molar-refractivity contribution in [1.29, 1.82) is 0 Å². The Morgan fingerprint density at radius 3 is 2.91 bits per heavy atom. The zero-order chi connectivity index (χ0) is 8.43. The molecule has 1 aromatic heterocycles. The van der Waals surface area contributed by atoms with Gasteiger partial charge in [-0.2, -0.15) is 4.98 Å². The molecule has 0 unspecified atom stereocenters. The number of hydrogen-bond acceptors (Lipinski definition) is 4. The Morgan fingerprint density at radius 2 is 2.36 bits per heavy atom. The van der Waals surface area contributed by atoms with E-state index in [4.69, 9.17) is 5.11 Å². The third-order valence-electron chi connectivity index (χ3n) is 1.26. The molecule has 11 heavy (non-hydrogen) atoms. The highest BCUT2D eigenvalue weighted by molar-refractivity contribution is 7.98. The third-order valence-corrected chi connectivity index (χ3v) is 1.99. The molecule has 1 rings (SSSR count). The van der Waals surface area contributed by atoms with Gasteiger partial charge in [0.2, 0.25) is 5.88 Å². The van der Waals surface area contributed by atoms with Gasteiger partial charge in [-0.1, -0.05) is 11.8 Å². The maximum atomic E-state index is 11.0. The summed E-state index contributed by atoms with van der Waals surface area (Å²) in [7, 11) is 1.61. The minimum absolute atomic E-state index is 0.225. The Kier molecular flexibility index (Phi) is 2.19. The molecule has 0 aliphatic heterocycles. The van der Waals surface area contributed by atoms with Crippen LogP contribution >= 0.6 is 11.8 Å². The molecule has 0 fully saturated rings. The Labute approximate surface area is 67.9 Å². The largest absolute Gasteiger partial charge is 0.493 e. The van der Waals surface area contributed by atoms with Crippen molar-refractivity contribution in [3.05, 3.63) is 16.4 Å². The highest BCUT2D eigenvalue weighted by Crippen LogP contribution is 2.10. The van der Waals surface area contributed by atoms with E-state index >= 15 is 0 Å². The third kappa shape index (κ3) is 1.54. The van der Waals surface area contributed by atoms with E-state index in [-0.39, 0.29) is 11.4 Å². The average molecular weight is 172 g/mol. The zero-order valence-corrected chi connectivity index (χ0v) is 7.05. The molecule has 0 saturated heterocycles. The van der Waals surface area contributed by atoms with Crippen molar-refractivity contribution >= 4 is 11.8 Å². The second kappa shape index (κ2) is 2.96. The second-order valence-electron chi connectivity index (χ2n) is 2.00. The van der Waals surface area contributed by atoms with Gasteiger partial charge in [0.15, 0.2) is 5.16 Å². The van der Waals surface area contributed by atoms with Crippen LogP contribution in [0.15, 0.2) is 16.0 Å². The lowest BCUT2D eigenvalue weighted by Crippen LogP contribution is -2.17. The second-order valence-corrected chi connectivity index (χ2v) is 2.77. The van der Waals surface area contributed by atoms with Crippen LogP contribution in [0.3, 0.4) is 0 Å². The monoisotopic (exact) mass is 172 g/mol. The van der Waals surface area contributed by atoms with Crippen LogP contribution in [-0.2, 0) is 7.05 Å². The Bertz CT molecular complexity index is 321. The number of aromatic hydroxyl groups is 1. The summed E-state index contributed by atoms with van der Waals surface area (Å²) < 4.78 is 1.38. The summed E-state index contributed by atoms with van der Waals surface area (Å²) >= 11 is 1.32. The molecule has 4 nitrogen and oxygen atoms in total. The number of aromatic nitrogens is 2. The zero-order valence-electron chi connectivity index (χ0n) is 6.24. The van der Waals surface area contributed by atoms with Crippen LogP contribution in [0.2, 0.25) is 0 Å². The lowest BCUT2D eigenvalue weighted by Gasteiger charge is -2.02. The van der Waals surface area contributed by atoms with Gasteiger partial charge < -0.3 is 5.11 Å². The van der Waals surface area contributed by atoms with Crippen molar-refractivity contribution in [2.45, 2.75) is 5.16 Å². The van der Waals surface area contributed by atoms with Crippen LogP contribution in [0, 0.1) is 0 Å². The summed E-state index contributed by atoms with van der Waals surface area (Å²) in [6, 6.07) is 1.08. The standard InChI is InChI=1S/C6H8N2O2S/c1-8-5(10)3-4(9)7-6(8)11-2/h3,9H,1-2H3. The van der Waals surface area contributed by atoms with Gasteiger partial charge in [-0.15, -0.1) is 0 Å². The fourth-order valence-corrected chi connectivity index (χ4v) is 1.24. The van der Waals surface area contributed by atoms with Gasteiger partial charge in [0.1, 0.15) is 0 Å². The molecule has 1 N–H and O–H groups in total. The van der Waals surface area contributed by atoms with Gasteiger partial charge in [-0.05, 0) is 6.26 Å². The molecule has 1 heterocycles. The number of nitrogens with zero attached hydrogens (tertiary/aromatic N) is 2. The predicted molar refractivity (Wildman–Crippen MR) is 42.9 cm³/mol. The van der Waals surface area contributed by atoms with Gasteiger partial charge in [-0.25, -0.2) is 0 Å². The molecular weight excluding hydrogens is 164 g/mol. The highest BCUT2D eigenvalue weighted by atomic mass is 32.2. The van der Waals surface area contributed by atoms with Gasteiger partial charge in [0, 0.05) is 7.05 Å². The van der Waals surface area contributed by atoms with Crippen LogP contribution in [0.4, 0.5) is 0 Å². The molecule has 60 valence electrons. The van der Waals surface area contributed by atoms with E-state index in [1.54, 1.807) is 13.3 Å². The van der Waals surface area contributed by atoms with Gasteiger partial charge in [-0.3, -0.25) is 9.36 Å². The van der Waals surface area contributed by atoms with E-state index in [2.05, 4.69) is 4.98 Å². The highest BCUT2D eigenvalue weighted by Gasteiger charge is 2.01. The molecule has 0 bridgehead atoms. The van der Waals surface area contributed by atoms with Crippen LogP contribution in [0.1, 0.15) is 0 Å². The normalized spacial score (nSPS) is 10.0. The Morgan fingerprint density at radius 1 is 1.73 bits per heavy atom. The fraction of sp³-hybridized carbons (Fsp3) is 0.333. The van der Waals surface area contributed by atoms with Gasteiger partial charge in [0.05, 0.1) is 6.07 Å². The predicted octanol–water partition coefficient (Wildman–Crippen LogP) is 0.208. The van der Waals surface area contributed by atoms with Crippen LogP contribution in [0.25, 0.3) is 0 Å². The van der Waals surface area contributed by atoms with E-state index in [0.717, 1.165) is 6.07 Å². The molecule has 0 radical (unpaired) electrons. The maximum Gasteiger partial charge on any atom is 0.257 e. The smallest absolute Gasteiger partial charge is 0.257 e. The van der Waals surface area contributed by atoms with Crippen molar-refractivity contribution in [2.24, 2.45) is 7.05 Å². The first kappa shape index (κ1) is 8.13. The first-order valence-corrected chi connectivity index (χ1v) is 4.18. The van der Waals surface area contributed by atoms with Gasteiger partial charge in [0.25, 0.3) is 5.56 Å². The van der Waals surface area contributed by atoms with Crippen LogP contribution in [-0.4, -0.2) is 20.9 Å². The van der Waals surface area contributed by atoms with Crippen molar-refractivity contribution in [1.82, 2.24) is 9.55 Å². The summed E-state index contributed by atoms with van der Waals surface area (Å²) in [5.41, 5.74) is -0.248. The first-order chi connectivity index (χ1) is 5.15. The number of thioether (sulfide) groups is 1. The molecule has 1 aromatic rings. The Balaban J connectivity index is 3.36. The average Bonchev–Trinajstić information content (AvgIpc) is 1.96. The lowest BCUT2D eigenvalue weighted by molar-refractivity contribution is 0.437. The molecular formula is C6H8N2O2S. The van der Waals surface area contributed by atoms with E-state index < -0.39 is 0 Å². The van der Waals surface area contributed by atoms with Crippen molar-refractivity contribution in [3.63, 3.8) is 0 Å². The van der Waals surface area contributed by atoms with Crippen LogP contribution < -0.4 is 5.56 Å². The number of rotatable bonds is 1. The first-order valence-electron chi connectivity index (χ1n) is 2.96. The minimum atomic E-state index is -0.248. The summed E-state index contributed by atoms with van der Waals surface area (Å²) in [5, 5.41) is 9.42. The van der Waals surface area contributed by atoms with Crippen molar-refractivity contribution in [3.8, 4) is 5.88 Å². The van der Waals surface area contributed by atoms with E-state index in [1.165, 1.54) is 16.3 Å². The fourth-order valence-electron chi connectivity index (χ4n) is 0.689. The summed E-state index contributed by atoms with van der Waals surface area (Å²) in [4.78, 5) is 14.7. The molecule has 0 spiro atoms. The summed E-state index contributed by atoms with van der Waals surface area (Å²) in [5.74, 6) is -0.225. The SMILES string of the molecule is CSc1nc(O)cc(=O)n1C. The van der Waals surface area contributed by atoms with Crippen molar-refractivity contribution < 1.29 is 5.11 Å². The van der Waals surface area contributed by atoms with Crippen molar-refractivity contribution in [2.75, 3.05) is 6.26 Å². The molecule has 0 aromatic carbocycles. The summed E-state index contributed by atoms with van der Waals surface area (Å²) in [6.45, 7) is 0. The van der Waals surface area contributed by atoms with Gasteiger partial charge >= 0.3 is 0 Å². The number of hydrogen-bond donors (Lipinski definition) is 1. The molecule has 5 heteroatoms. The lowest BCUT2D eigenvalue weighted by atomic mass is 10.6. The van der Waals surface area contributed by atoms with Crippen LogP contribution in [0.5, 0.6) is 5.88 Å². The molecule has 0 aliphatic rings. The van der Waals surface area contributed by atoms with E-state index in [0.29, 0.717) is 5.16 Å². The quantitative estimate of drug-likeness (QED) is 0.486. The topological polar surface area (TPSA) is 55.1 Å². The van der Waals surface area contributed by atoms with E-state index in [9.17, 15) is 4.79 Å². The molecule has 0 atom stereocenters. The molecule has 0 aliphatic carbocycles. The molecule has 0 amide bonds. The molecule has 0 saturated carbocycles. The Hall–Kier alpha value is -0.970. The minimum Gasteiger partial charge on any atom is -0.493 e. The summed E-state index contributed by atoms with van der Waals surface area (Å²) in [6.07, 6.45) is 1.79.